The van der Waals surface area contributed by atoms with E-state index in [1.165, 1.54) is 10.5 Å². The molecule has 0 spiro atoms. The fourth-order valence-electron chi connectivity index (χ4n) is 2.86. The van der Waals surface area contributed by atoms with Crippen LogP contribution in [-0.4, -0.2) is 40.3 Å². The molecule has 0 radical (unpaired) electrons. The molecule has 3 rings (SSSR count). The van der Waals surface area contributed by atoms with Crippen molar-refractivity contribution in [1.29, 1.82) is 0 Å². The summed E-state index contributed by atoms with van der Waals surface area (Å²) in [6.07, 6.45) is 3.12. The van der Waals surface area contributed by atoms with Gasteiger partial charge in [-0.15, -0.1) is 0 Å². The number of rotatable bonds is 8. The number of halogens is 2. The molecule has 1 aliphatic heterocycles. The maximum atomic E-state index is 12.7. The number of carboxylic acids is 1. The molecule has 1 aliphatic rings. The molecule has 0 bridgehead atoms. The minimum atomic E-state index is -1.08. The maximum Gasteiger partial charge on any atom is 0.341 e. The Labute approximate surface area is 194 Å². The Morgan fingerprint density at radius 3 is 2.43 bits per heavy atom. The van der Waals surface area contributed by atoms with E-state index < -0.39 is 12.6 Å². The Balaban J connectivity index is 1.68. The molecule has 0 aromatic heterocycles. The highest BCUT2D eigenvalue weighted by molar-refractivity contribution is 9.11. The van der Waals surface area contributed by atoms with Gasteiger partial charge in [0.1, 0.15) is 5.75 Å². The van der Waals surface area contributed by atoms with Gasteiger partial charge in [0.25, 0.3) is 11.1 Å². The SMILES string of the molecule is O=C(O)COc1c(Br)cc(/C=C2/SC(=O)N(CCCc3ccccc3)C2=O)cc1Br. The van der Waals surface area contributed by atoms with Crippen molar-refractivity contribution in [2.45, 2.75) is 12.8 Å². The standard InChI is InChI=1S/C21H17Br2NO5S/c22-15-9-14(10-16(23)19(15)29-12-18(25)26)11-17-20(27)24(21(28)30-17)8-4-7-13-5-2-1-3-6-13/h1-3,5-6,9-11H,4,7-8,12H2,(H,25,26)/b17-11+. The van der Waals surface area contributed by atoms with Crippen molar-refractivity contribution >= 4 is 66.8 Å². The van der Waals surface area contributed by atoms with Crippen LogP contribution in [0.5, 0.6) is 5.75 Å². The van der Waals surface area contributed by atoms with Crippen molar-refractivity contribution in [2.24, 2.45) is 0 Å². The third-order valence-electron chi connectivity index (χ3n) is 4.22. The van der Waals surface area contributed by atoms with Gasteiger partial charge in [-0.3, -0.25) is 14.5 Å². The first kappa shape index (κ1) is 22.6. The summed E-state index contributed by atoms with van der Waals surface area (Å²) in [7, 11) is 0. The zero-order chi connectivity index (χ0) is 21.7. The van der Waals surface area contributed by atoms with E-state index in [1.807, 2.05) is 30.3 Å². The highest BCUT2D eigenvalue weighted by Crippen LogP contribution is 2.37. The lowest BCUT2D eigenvalue weighted by molar-refractivity contribution is -0.139. The van der Waals surface area contributed by atoms with Crippen LogP contribution >= 0.6 is 43.6 Å². The minimum absolute atomic E-state index is 0.279. The van der Waals surface area contributed by atoms with Crippen LogP contribution in [0.3, 0.4) is 0 Å². The number of thioether (sulfide) groups is 1. The first-order valence-electron chi connectivity index (χ1n) is 8.98. The Morgan fingerprint density at radius 1 is 1.13 bits per heavy atom. The summed E-state index contributed by atoms with van der Waals surface area (Å²) >= 11 is 7.60. The number of imide groups is 1. The number of hydrogen-bond donors (Lipinski definition) is 1. The number of amides is 2. The molecule has 2 amide bonds. The average Bonchev–Trinajstić information content (AvgIpc) is 2.95. The van der Waals surface area contributed by atoms with Crippen molar-refractivity contribution in [3.05, 3.63) is 67.4 Å². The number of ether oxygens (including phenoxy) is 1. The van der Waals surface area contributed by atoms with Crippen molar-refractivity contribution in [3.8, 4) is 5.75 Å². The lowest BCUT2D eigenvalue weighted by Gasteiger charge is -2.12. The molecule has 0 atom stereocenters. The van der Waals surface area contributed by atoms with Crippen LogP contribution in [0, 0.1) is 0 Å². The number of aliphatic carboxylic acids is 1. The molecular formula is C21H17Br2NO5S. The van der Waals surface area contributed by atoms with Crippen molar-refractivity contribution in [1.82, 2.24) is 4.90 Å². The molecule has 1 saturated heterocycles. The number of hydrogen-bond acceptors (Lipinski definition) is 5. The molecule has 9 heteroatoms. The average molecular weight is 555 g/mol. The fraction of sp³-hybridized carbons (Fsp3) is 0.190. The number of benzene rings is 2. The monoisotopic (exact) mass is 553 g/mol. The molecule has 6 nitrogen and oxygen atoms in total. The molecule has 2 aromatic rings. The van der Waals surface area contributed by atoms with Gasteiger partial charge >= 0.3 is 5.97 Å². The van der Waals surface area contributed by atoms with Gasteiger partial charge in [0.15, 0.2) is 6.61 Å². The lowest BCUT2D eigenvalue weighted by atomic mass is 10.1. The predicted molar refractivity (Wildman–Crippen MR) is 122 cm³/mol. The van der Waals surface area contributed by atoms with Crippen LogP contribution in [0.2, 0.25) is 0 Å². The van der Waals surface area contributed by atoms with Gasteiger partial charge in [0.05, 0.1) is 13.9 Å². The molecule has 0 aliphatic carbocycles. The molecule has 30 heavy (non-hydrogen) atoms. The summed E-state index contributed by atoms with van der Waals surface area (Å²) in [5.41, 5.74) is 1.84. The van der Waals surface area contributed by atoms with E-state index in [0.717, 1.165) is 18.2 Å². The Bertz CT molecular complexity index is 987. The van der Waals surface area contributed by atoms with E-state index in [4.69, 9.17) is 9.84 Å². The van der Waals surface area contributed by atoms with Crippen molar-refractivity contribution < 1.29 is 24.2 Å². The summed E-state index contributed by atoms with van der Waals surface area (Å²) in [4.78, 5) is 37.3. The van der Waals surface area contributed by atoms with Gasteiger partial charge in [-0.1, -0.05) is 30.3 Å². The topological polar surface area (TPSA) is 83.9 Å². The second-order valence-electron chi connectivity index (χ2n) is 6.42. The normalized spacial score (nSPS) is 15.1. The highest BCUT2D eigenvalue weighted by Gasteiger charge is 2.34. The van der Waals surface area contributed by atoms with E-state index in [2.05, 4.69) is 31.9 Å². The van der Waals surface area contributed by atoms with Gasteiger partial charge in [-0.25, -0.2) is 4.79 Å². The van der Waals surface area contributed by atoms with Crippen LogP contribution in [0.1, 0.15) is 17.5 Å². The number of carboxylic acid groups (broad SMARTS) is 1. The van der Waals surface area contributed by atoms with Gasteiger partial charge in [-0.2, -0.15) is 0 Å². The number of nitrogens with zero attached hydrogens (tertiary/aromatic N) is 1. The number of carbonyl (C=O) groups is 3. The van der Waals surface area contributed by atoms with Crippen LogP contribution in [0.15, 0.2) is 56.3 Å². The van der Waals surface area contributed by atoms with Crippen molar-refractivity contribution in [2.75, 3.05) is 13.2 Å². The van der Waals surface area contributed by atoms with Gasteiger partial charge < -0.3 is 9.84 Å². The van der Waals surface area contributed by atoms with E-state index in [-0.39, 0.29) is 11.1 Å². The quantitative estimate of drug-likeness (QED) is 0.443. The smallest absolute Gasteiger partial charge is 0.341 e. The molecular weight excluding hydrogens is 538 g/mol. The van der Waals surface area contributed by atoms with Gasteiger partial charge in [-0.05, 0) is 85.8 Å². The molecule has 156 valence electrons. The zero-order valence-corrected chi connectivity index (χ0v) is 19.6. The van der Waals surface area contributed by atoms with Crippen LogP contribution < -0.4 is 4.74 Å². The first-order chi connectivity index (χ1) is 14.3. The fourth-order valence-corrected chi connectivity index (χ4v) is 5.18. The largest absolute Gasteiger partial charge is 0.480 e. The molecule has 1 fully saturated rings. The second kappa shape index (κ2) is 10.3. The Hall–Kier alpha value is -2.10. The van der Waals surface area contributed by atoms with E-state index in [1.54, 1.807) is 18.2 Å². The van der Waals surface area contributed by atoms with Crippen LogP contribution in [0.25, 0.3) is 6.08 Å². The molecule has 0 unspecified atom stereocenters. The van der Waals surface area contributed by atoms with E-state index in [9.17, 15) is 14.4 Å². The minimum Gasteiger partial charge on any atom is -0.480 e. The van der Waals surface area contributed by atoms with Crippen LogP contribution in [0.4, 0.5) is 4.79 Å². The maximum absolute atomic E-state index is 12.7. The number of aryl methyl sites for hydroxylation is 1. The predicted octanol–water partition coefficient (Wildman–Crippen LogP) is 5.34. The van der Waals surface area contributed by atoms with Crippen LogP contribution in [-0.2, 0) is 16.0 Å². The summed E-state index contributed by atoms with van der Waals surface area (Å²) in [6.45, 7) is -0.106. The third kappa shape index (κ3) is 5.74. The van der Waals surface area contributed by atoms with Crippen molar-refractivity contribution in [3.63, 3.8) is 0 Å². The summed E-state index contributed by atoms with van der Waals surface area (Å²) in [6, 6.07) is 13.3. The van der Waals surface area contributed by atoms with E-state index >= 15 is 0 Å². The molecule has 1 heterocycles. The molecule has 1 N–H and O–H groups in total. The first-order valence-corrected chi connectivity index (χ1v) is 11.4. The van der Waals surface area contributed by atoms with Gasteiger partial charge in [0, 0.05) is 6.54 Å². The summed E-state index contributed by atoms with van der Waals surface area (Å²) in [5, 5.41) is 8.49. The lowest BCUT2D eigenvalue weighted by Crippen LogP contribution is -2.29. The Kier molecular flexibility index (Phi) is 7.74. The second-order valence-corrected chi connectivity index (χ2v) is 9.12. The third-order valence-corrected chi connectivity index (χ3v) is 6.31. The van der Waals surface area contributed by atoms with E-state index in [0.29, 0.717) is 38.1 Å². The molecule has 0 saturated carbocycles. The van der Waals surface area contributed by atoms with Gasteiger partial charge in [0.2, 0.25) is 0 Å². The zero-order valence-electron chi connectivity index (χ0n) is 15.6. The highest BCUT2D eigenvalue weighted by atomic mass is 79.9. The Morgan fingerprint density at radius 2 is 1.80 bits per heavy atom. The molecule has 2 aromatic carbocycles. The summed E-state index contributed by atoms with van der Waals surface area (Å²) < 4.78 is 6.31. The number of carbonyl (C=O) groups excluding carboxylic acids is 2. The summed E-state index contributed by atoms with van der Waals surface area (Å²) in [5.74, 6) is -1.04.